The number of hydrogen-bond acceptors (Lipinski definition) is 1. The summed E-state index contributed by atoms with van der Waals surface area (Å²) in [6.07, 6.45) is 1.94. The maximum absolute atomic E-state index is 11.2. The first-order valence-corrected chi connectivity index (χ1v) is 4.11. The lowest BCUT2D eigenvalue weighted by molar-refractivity contribution is 0.0999. The highest BCUT2D eigenvalue weighted by Gasteiger charge is 2.16. The number of carbonyl (C=O) groups is 1. The second kappa shape index (κ2) is 2.77. The number of ketones is 1. The lowest BCUT2D eigenvalue weighted by Gasteiger charge is -2.23. The molecule has 1 aromatic heterocycles. The Morgan fingerprint density at radius 1 is 1.42 bits per heavy atom. The van der Waals surface area contributed by atoms with Crippen molar-refractivity contribution in [2.24, 2.45) is 0 Å². The van der Waals surface area contributed by atoms with E-state index in [0.29, 0.717) is 0 Å². The van der Waals surface area contributed by atoms with Gasteiger partial charge in [-0.1, -0.05) is 0 Å². The third-order valence-electron chi connectivity index (χ3n) is 1.83. The van der Waals surface area contributed by atoms with E-state index in [1.165, 1.54) is 0 Å². The quantitative estimate of drug-likeness (QED) is 0.586. The van der Waals surface area contributed by atoms with Crippen molar-refractivity contribution in [3.05, 3.63) is 24.0 Å². The Hall–Kier alpha value is -1.05. The molecule has 66 valence electrons. The SMILES string of the molecule is CC(=O)c1cccn1C(C)(C)C. The Labute approximate surface area is 73.2 Å². The van der Waals surface area contributed by atoms with E-state index in [4.69, 9.17) is 0 Å². The lowest BCUT2D eigenvalue weighted by Crippen LogP contribution is -2.24. The summed E-state index contributed by atoms with van der Waals surface area (Å²) in [4.78, 5) is 11.2. The van der Waals surface area contributed by atoms with Gasteiger partial charge in [0.25, 0.3) is 0 Å². The highest BCUT2D eigenvalue weighted by molar-refractivity contribution is 5.92. The molecule has 0 N–H and O–H groups in total. The molecule has 0 aliphatic rings. The van der Waals surface area contributed by atoms with Gasteiger partial charge in [0.15, 0.2) is 5.78 Å². The minimum absolute atomic E-state index is 0.00942. The monoisotopic (exact) mass is 165 g/mol. The predicted molar refractivity (Wildman–Crippen MR) is 49.4 cm³/mol. The Kier molecular flexibility index (Phi) is 2.09. The van der Waals surface area contributed by atoms with Crippen molar-refractivity contribution >= 4 is 5.78 Å². The summed E-state index contributed by atoms with van der Waals surface area (Å²) in [6.45, 7) is 7.84. The number of Topliss-reactive ketones (excluding diaryl/α,β-unsaturated/α-hetero) is 1. The van der Waals surface area contributed by atoms with Crippen molar-refractivity contribution < 1.29 is 4.79 Å². The van der Waals surface area contributed by atoms with Gasteiger partial charge in [0, 0.05) is 18.7 Å². The van der Waals surface area contributed by atoms with E-state index in [0.717, 1.165) is 5.69 Å². The molecule has 0 bridgehead atoms. The zero-order valence-electron chi connectivity index (χ0n) is 8.09. The van der Waals surface area contributed by atoms with Gasteiger partial charge in [-0.15, -0.1) is 0 Å². The van der Waals surface area contributed by atoms with Crippen molar-refractivity contribution in [2.45, 2.75) is 33.2 Å². The molecule has 1 heterocycles. The molecule has 0 spiro atoms. The van der Waals surface area contributed by atoms with Gasteiger partial charge in [0.2, 0.25) is 0 Å². The molecule has 12 heavy (non-hydrogen) atoms. The van der Waals surface area contributed by atoms with Crippen molar-refractivity contribution in [2.75, 3.05) is 0 Å². The first kappa shape index (κ1) is 9.04. The zero-order valence-corrected chi connectivity index (χ0v) is 8.09. The minimum atomic E-state index is -0.00942. The third kappa shape index (κ3) is 1.58. The highest BCUT2D eigenvalue weighted by Crippen LogP contribution is 2.17. The first-order valence-electron chi connectivity index (χ1n) is 4.11. The largest absolute Gasteiger partial charge is 0.340 e. The molecular formula is C10H15NO. The standard InChI is InChI=1S/C10H15NO/c1-8(12)9-6-5-7-11(9)10(2,3)4/h5-7H,1-4H3. The van der Waals surface area contributed by atoms with Crippen molar-refractivity contribution in [1.82, 2.24) is 4.57 Å². The third-order valence-corrected chi connectivity index (χ3v) is 1.83. The van der Waals surface area contributed by atoms with E-state index >= 15 is 0 Å². The Balaban J connectivity index is 3.17. The molecule has 0 aliphatic carbocycles. The van der Waals surface area contributed by atoms with Crippen LogP contribution in [0.25, 0.3) is 0 Å². The average molecular weight is 165 g/mol. The summed E-state index contributed by atoms with van der Waals surface area (Å²) < 4.78 is 2.00. The fourth-order valence-corrected chi connectivity index (χ4v) is 1.25. The topological polar surface area (TPSA) is 22.0 Å². The Morgan fingerprint density at radius 2 is 2.00 bits per heavy atom. The van der Waals surface area contributed by atoms with Gasteiger partial charge in [-0.2, -0.15) is 0 Å². The predicted octanol–water partition coefficient (Wildman–Crippen LogP) is 2.45. The second-order valence-electron chi connectivity index (χ2n) is 3.99. The number of nitrogens with zero attached hydrogens (tertiary/aromatic N) is 1. The van der Waals surface area contributed by atoms with E-state index in [-0.39, 0.29) is 11.3 Å². The van der Waals surface area contributed by atoms with Crippen LogP contribution in [0.4, 0.5) is 0 Å². The van der Waals surface area contributed by atoms with Gasteiger partial charge >= 0.3 is 0 Å². The van der Waals surface area contributed by atoms with Crippen molar-refractivity contribution in [3.63, 3.8) is 0 Å². The van der Waals surface area contributed by atoms with Crippen LogP contribution >= 0.6 is 0 Å². The molecular weight excluding hydrogens is 150 g/mol. The maximum atomic E-state index is 11.2. The van der Waals surface area contributed by atoms with Gasteiger partial charge in [-0.3, -0.25) is 4.79 Å². The molecule has 2 heteroatoms. The number of hydrogen-bond donors (Lipinski definition) is 0. The summed E-state index contributed by atoms with van der Waals surface area (Å²) in [5.41, 5.74) is 0.771. The molecule has 0 atom stereocenters. The van der Waals surface area contributed by atoms with Gasteiger partial charge in [0.05, 0.1) is 5.69 Å². The van der Waals surface area contributed by atoms with Gasteiger partial charge in [0.1, 0.15) is 0 Å². The van der Waals surface area contributed by atoms with E-state index in [1.807, 2.05) is 22.9 Å². The summed E-state index contributed by atoms with van der Waals surface area (Å²) in [7, 11) is 0. The van der Waals surface area contributed by atoms with Crippen LogP contribution in [0.3, 0.4) is 0 Å². The fourth-order valence-electron chi connectivity index (χ4n) is 1.25. The molecule has 0 radical (unpaired) electrons. The molecule has 0 aromatic carbocycles. The molecule has 1 aromatic rings. The summed E-state index contributed by atoms with van der Waals surface area (Å²) in [6, 6.07) is 3.76. The lowest BCUT2D eigenvalue weighted by atomic mass is 10.1. The van der Waals surface area contributed by atoms with Crippen LogP contribution in [-0.2, 0) is 5.54 Å². The minimum Gasteiger partial charge on any atom is -0.340 e. The molecule has 2 nitrogen and oxygen atoms in total. The van der Waals surface area contributed by atoms with Gasteiger partial charge < -0.3 is 4.57 Å². The molecule has 0 amide bonds. The fraction of sp³-hybridized carbons (Fsp3) is 0.500. The Morgan fingerprint density at radius 3 is 2.33 bits per heavy atom. The van der Waals surface area contributed by atoms with Crippen LogP contribution in [0.5, 0.6) is 0 Å². The van der Waals surface area contributed by atoms with Crippen LogP contribution < -0.4 is 0 Å². The summed E-state index contributed by atoms with van der Waals surface area (Å²) in [5.74, 6) is 0.120. The van der Waals surface area contributed by atoms with Gasteiger partial charge in [-0.05, 0) is 32.9 Å². The number of aromatic nitrogens is 1. The molecule has 0 saturated carbocycles. The van der Waals surface area contributed by atoms with Crippen LogP contribution in [-0.4, -0.2) is 10.4 Å². The van der Waals surface area contributed by atoms with E-state index in [2.05, 4.69) is 20.8 Å². The van der Waals surface area contributed by atoms with E-state index < -0.39 is 0 Å². The maximum Gasteiger partial charge on any atom is 0.176 e. The smallest absolute Gasteiger partial charge is 0.176 e. The van der Waals surface area contributed by atoms with Gasteiger partial charge in [-0.25, -0.2) is 0 Å². The number of rotatable bonds is 1. The highest BCUT2D eigenvalue weighted by atomic mass is 16.1. The molecule has 0 fully saturated rings. The normalized spacial score (nSPS) is 11.7. The summed E-state index contributed by atoms with van der Waals surface area (Å²) >= 11 is 0. The summed E-state index contributed by atoms with van der Waals surface area (Å²) in [5, 5.41) is 0. The number of carbonyl (C=O) groups excluding carboxylic acids is 1. The van der Waals surface area contributed by atoms with E-state index in [1.54, 1.807) is 6.92 Å². The molecule has 0 saturated heterocycles. The molecule has 1 rings (SSSR count). The first-order chi connectivity index (χ1) is 5.43. The van der Waals surface area contributed by atoms with E-state index in [9.17, 15) is 4.79 Å². The second-order valence-corrected chi connectivity index (χ2v) is 3.99. The van der Waals surface area contributed by atoms with Crippen LogP contribution in [0, 0.1) is 0 Å². The van der Waals surface area contributed by atoms with Crippen molar-refractivity contribution in [1.29, 1.82) is 0 Å². The zero-order chi connectivity index (χ0) is 9.35. The van der Waals surface area contributed by atoms with Crippen LogP contribution in [0.1, 0.15) is 38.2 Å². The van der Waals surface area contributed by atoms with Crippen molar-refractivity contribution in [3.8, 4) is 0 Å². The van der Waals surface area contributed by atoms with Crippen LogP contribution in [0.15, 0.2) is 18.3 Å². The Bertz CT molecular complexity index is 291. The molecule has 0 aliphatic heterocycles. The average Bonchev–Trinajstić information content (AvgIpc) is 2.30. The van der Waals surface area contributed by atoms with Crippen LogP contribution in [0.2, 0.25) is 0 Å². The molecule has 0 unspecified atom stereocenters.